The van der Waals surface area contributed by atoms with Gasteiger partial charge in [0.1, 0.15) is 5.82 Å². The molecule has 1 atom stereocenters. The number of halogens is 3. The van der Waals surface area contributed by atoms with E-state index in [2.05, 4.69) is 5.10 Å². The second kappa shape index (κ2) is 5.49. The number of aryl methyl sites for hydroxylation is 2. The van der Waals surface area contributed by atoms with Crippen LogP contribution >= 0.6 is 23.2 Å². The molecule has 2 rings (SSSR count). The zero-order chi connectivity index (χ0) is 14.2. The fraction of sp³-hybridized carbons (Fsp3) is 0.308. The molecule has 0 fully saturated rings. The zero-order valence-electron chi connectivity index (χ0n) is 10.5. The number of hydrogen-bond acceptors (Lipinski definition) is 2. The van der Waals surface area contributed by atoms with E-state index < -0.39 is 11.9 Å². The van der Waals surface area contributed by atoms with Crippen LogP contribution in [0.25, 0.3) is 0 Å². The first-order valence-electron chi connectivity index (χ1n) is 5.71. The first-order chi connectivity index (χ1) is 8.90. The van der Waals surface area contributed by atoms with E-state index in [1.807, 2.05) is 0 Å². The van der Waals surface area contributed by atoms with Crippen molar-refractivity contribution >= 4 is 23.2 Å². The molecular weight excluding hydrogens is 290 g/mol. The van der Waals surface area contributed by atoms with Crippen molar-refractivity contribution in [2.75, 3.05) is 0 Å². The highest BCUT2D eigenvalue weighted by Crippen LogP contribution is 2.27. The van der Waals surface area contributed by atoms with Gasteiger partial charge in [0.25, 0.3) is 0 Å². The normalized spacial score (nSPS) is 12.7. The number of aromatic nitrogens is 2. The molecule has 1 unspecified atom stereocenters. The number of hydrogen-bond donors (Lipinski definition) is 1. The first kappa shape index (κ1) is 14.3. The van der Waals surface area contributed by atoms with Crippen LogP contribution in [0.15, 0.2) is 18.2 Å². The Labute approximate surface area is 120 Å². The average Bonchev–Trinajstić information content (AvgIpc) is 2.59. The van der Waals surface area contributed by atoms with Crippen LogP contribution in [0.1, 0.15) is 23.1 Å². The van der Waals surface area contributed by atoms with E-state index in [9.17, 15) is 9.50 Å². The van der Waals surface area contributed by atoms with Gasteiger partial charge >= 0.3 is 0 Å². The lowest BCUT2D eigenvalue weighted by atomic mass is 10.0. The Morgan fingerprint density at radius 3 is 2.63 bits per heavy atom. The van der Waals surface area contributed by atoms with Crippen LogP contribution in [0.2, 0.25) is 10.0 Å². The lowest BCUT2D eigenvalue weighted by molar-refractivity contribution is 0.175. The number of aliphatic hydroxyl groups excluding tert-OH is 1. The molecule has 102 valence electrons. The molecule has 0 saturated carbocycles. The van der Waals surface area contributed by atoms with Crippen molar-refractivity contribution in [3.8, 4) is 0 Å². The molecule has 0 radical (unpaired) electrons. The Morgan fingerprint density at radius 2 is 2.11 bits per heavy atom. The maximum atomic E-state index is 13.1. The highest BCUT2D eigenvalue weighted by molar-refractivity contribution is 6.32. The lowest BCUT2D eigenvalue weighted by Crippen LogP contribution is -2.07. The fourth-order valence-corrected chi connectivity index (χ4v) is 2.35. The number of nitrogens with zero attached hydrogens (tertiary/aromatic N) is 2. The van der Waals surface area contributed by atoms with Crippen molar-refractivity contribution in [3.63, 3.8) is 0 Å². The average molecular weight is 303 g/mol. The summed E-state index contributed by atoms with van der Waals surface area (Å²) in [5.41, 5.74) is 1.98. The van der Waals surface area contributed by atoms with Gasteiger partial charge in [0.15, 0.2) is 0 Å². The molecule has 0 bridgehead atoms. The molecule has 3 nitrogen and oxygen atoms in total. The molecule has 0 aliphatic carbocycles. The van der Waals surface area contributed by atoms with E-state index in [0.717, 1.165) is 5.69 Å². The van der Waals surface area contributed by atoms with E-state index in [-0.39, 0.29) is 11.4 Å². The standard InChI is InChI=1S/C13H13Cl2FN2O/c1-7-13(15)11(18(2)17-7)6-12(19)8-3-4-10(16)9(14)5-8/h3-5,12,19H,6H2,1-2H3. The monoisotopic (exact) mass is 302 g/mol. The van der Waals surface area contributed by atoms with Gasteiger partial charge in [-0.3, -0.25) is 4.68 Å². The number of rotatable bonds is 3. The highest BCUT2D eigenvalue weighted by atomic mass is 35.5. The second-order valence-electron chi connectivity index (χ2n) is 4.36. The van der Waals surface area contributed by atoms with E-state index in [1.54, 1.807) is 18.7 Å². The largest absolute Gasteiger partial charge is 0.388 e. The summed E-state index contributed by atoms with van der Waals surface area (Å²) in [5.74, 6) is -0.507. The summed E-state index contributed by atoms with van der Waals surface area (Å²) in [6.45, 7) is 1.80. The summed E-state index contributed by atoms with van der Waals surface area (Å²) < 4.78 is 14.7. The van der Waals surface area contributed by atoms with Gasteiger partial charge in [0.2, 0.25) is 0 Å². The third kappa shape index (κ3) is 2.91. The van der Waals surface area contributed by atoms with Crippen molar-refractivity contribution in [1.82, 2.24) is 9.78 Å². The summed E-state index contributed by atoms with van der Waals surface area (Å²) in [4.78, 5) is 0. The summed E-state index contributed by atoms with van der Waals surface area (Å²) >= 11 is 11.8. The van der Waals surface area contributed by atoms with Crippen LogP contribution in [-0.2, 0) is 13.5 Å². The summed E-state index contributed by atoms with van der Waals surface area (Å²) in [5, 5.41) is 14.9. The molecule has 0 aliphatic heterocycles. The molecule has 0 amide bonds. The van der Waals surface area contributed by atoms with Gasteiger partial charge in [0.05, 0.1) is 27.5 Å². The van der Waals surface area contributed by atoms with Crippen LogP contribution < -0.4 is 0 Å². The van der Waals surface area contributed by atoms with Gasteiger partial charge in [0, 0.05) is 13.5 Å². The van der Waals surface area contributed by atoms with Gasteiger partial charge in [-0.1, -0.05) is 29.3 Å². The molecule has 1 aromatic carbocycles. The van der Waals surface area contributed by atoms with Gasteiger partial charge in [-0.15, -0.1) is 0 Å². The quantitative estimate of drug-likeness (QED) is 0.943. The molecule has 0 aliphatic rings. The fourth-order valence-electron chi connectivity index (χ4n) is 1.92. The Hall–Kier alpha value is -1.10. The first-order valence-corrected chi connectivity index (χ1v) is 6.46. The third-order valence-electron chi connectivity index (χ3n) is 2.98. The predicted octanol–water partition coefficient (Wildman–Crippen LogP) is 3.45. The van der Waals surface area contributed by atoms with E-state index in [0.29, 0.717) is 16.3 Å². The molecule has 6 heteroatoms. The molecule has 1 aromatic heterocycles. The second-order valence-corrected chi connectivity index (χ2v) is 5.15. The Balaban J connectivity index is 2.25. The van der Waals surface area contributed by atoms with Crippen molar-refractivity contribution < 1.29 is 9.50 Å². The van der Waals surface area contributed by atoms with Crippen molar-refractivity contribution in [3.05, 3.63) is 51.0 Å². The van der Waals surface area contributed by atoms with E-state index >= 15 is 0 Å². The molecular formula is C13H13Cl2FN2O. The highest BCUT2D eigenvalue weighted by Gasteiger charge is 2.17. The van der Waals surface area contributed by atoms with Gasteiger partial charge in [-0.2, -0.15) is 5.10 Å². The summed E-state index contributed by atoms with van der Waals surface area (Å²) in [6.07, 6.45) is -0.525. The molecule has 19 heavy (non-hydrogen) atoms. The van der Waals surface area contributed by atoms with Crippen LogP contribution in [-0.4, -0.2) is 14.9 Å². The maximum absolute atomic E-state index is 13.1. The lowest BCUT2D eigenvalue weighted by Gasteiger charge is -2.12. The van der Waals surface area contributed by atoms with Crippen LogP contribution in [0.4, 0.5) is 4.39 Å². The Kier molecular flexibility index (Phi) is 4.13. The summed E-state index contributed by atoms with van der Waals surface area (Å²) in [7, 11) is 1.76. The summed E-state index contributed by atoms with van der Waals surface area (Å²) in [6, 6.07) is 4.15. The SMILES string of the molecule is Cc1nn(C)c(CC(O)c2ccc(F)c(Cl)c2)c1Cl. The topological polar surface area (TPSA) is 38.0 Å². The molecule has 1 N–H and O–H groups in total. The molecule has 2 aromatic rings. The van der Waals surface area contributed by atoms with Crippen molar-refractivity contribution in [1.29, 1.82) is 0 Å². The third-order valence-corrected chi connectivity index (χ3v) is 3.76. The molecule has 1 heterocycles. The van der Waals surface area contributed by atoms with Gasteiger partial charge in [-0.25, -0.2) is 4.39 Å². The maximum Gasteiger partial charge on any atom is 0.141 e. The van der Waals surface area contributed by atoms with Crippen LogP contribution in [0, 0.1) is 12.7 Å². The van der Waals surface area contributed by atoms with Crippen molar-refractivity contribution in [2.24, 2.45) is 7.05 Å². The van der Waals surface area contributed by atoms with E-state index in [1.165, 1.54) is 18.2 Å². The minimum absolute atomic E-state index is 0.0103. The van der Waals surface area contributed by atoms with Gasteiger partial charge < -0.3 is 5.11 Å². The smallest absolute Gasteiger partial charge is 0.141 e. The Morgan fingerprint density at radius 1 is 1.42 bits per heavy atom. The van der Waals surface area contributed by atoms with Gasteiger partial charge in [-0.05, 0) is 24.6 Å². The zero-order valence-corrected chi connectivity index (χ0v) is 12.0. The minimum Gasteiger partial charge on any atom is -0.388 e. The Bertz CT molecular complexity index is 613. The van der Waals surface area contributed by atoms with Crippen LogP contribution in [0.5, 0.6) is 0 Å². The molecule has 0 spiro atoms. The number of benzene rings is 1. The molecule has 0 saturated heterocycles. The number of aliphatic hydroxyl groups is 1. The van der Waals surface area contributed by atoms with Crippen molar-refractivity contribution in [2.45, 2.75) is 19.4 Å². The predicted molar refractivity (Wildman–Crippen MR) is 73.0 cm³/mol. The minimum atomic E-state index is -0.814. The van der Waals surface area contributed by atoms with Crippen LogP contribution in [0.3, 0.4) is 0 Å². The van der Waals surface area contributed by atoms with E-state index in [4.69, 9.17) is 23.2 Å².